The molecule has 0 saturated heterocycles. The molecule has 0 aromatic heterocycles. The van der Waals surface area contributed by atoms with Gasteiger partial charge in [-0.25, -0.2) is 4.79 Å². The van der Waals surface area contributed by atoms with E-state index in [9.17, 15) is 112 Å². The number of amides is 16. The van der Waals surface area contributed by atoms with Crippen LogP contribution >= 0.6 is 0 Å². The number of carboxylic acid groups (broad SMARTS) is 2. The van der Waals surface area contributed by atoms with Crippen LogP contribution in [0.4, 0.5) is 0 Å². The van der Waals surface area contributed by atoms with E-state index >= 15 is 0 Å². The molecule has 0 spiro atoms. The summed E-state index contributed by atoms with van der Waals surface area (Å²) in [5.74, 6) is -20.7. The molecule has 118 heavy (non-hydrogen) atoms. The van der Waals surface area contributed by atoms with Crippen molar-refractivity contribution in [2.45, 2.75) is 259 Å². The third-order valence-corrected chi connectivity index (χ3v) is 18.3. The quantitative estimate of drug-likeness (QED) is 0.0270. The second-order valence-electron chi connectivity index (χ2n) is 31.2. The summed E-state index contributed by atoms with van der Waals surface area (Å²) < 4.78 is 0. The molecule has 0 fully saturated rings. The normalized spacial score (nSPS) is 15.1. The lowest BCUT2D eigenvalue weighted by atomic mass is 9.97. The predicted molar refractivity (Wildman–Crippen MR) is 428 cm³/mol. The molecule has 666 valence electrons. The number of carbonyl (C=O) groups excluding carboxylic acids is 16. The average molecular weight is 1680 g/mol. The number of aliphatic carboxylic acids is 2. The molecule has 1 rings (SSSR count). The summed E-state index contributed by atoms with van der Waals surface area (Å²) in [6, 6.07) is -13.6. The molecule has 0 unspecified atom stereocenters. The van der Waals surface area contributed by atoms with E-state index in [2.05, 4.69) is 85.1 Å². The minimum Gasteiger partial charge on any atom is -0.508 e. The molecule has 1 aromatic carbocycles. The first kappa shape index (κ1) is 105. The van der Waals surface area contributed by atoms with Gasteiger partial charge in [0.25, 0.3) is 0 Å². The predicted octanol–water partition coefficient (Wildman–Crippen LogP) is -6.14. The number of hydrogen-bond acceptors (Lipinski definition) is 24. The highest BCUT2D eigenvalue weighted by Crippen LogP contribution is 2.16. The fourth-order valence-corrected chi connectivity index (χ4v) is 11.5. The second kappa shape index (κ2) is 53.6. The number of unbranched alkanes of at least 4 members (excludes halogenated alkanes) is 2. The van der Waals surface area contributed by atoms with Crippen molar-refractivity contribution in [2.75, 3.05) is 39.3 Å². The van der Waals surface area contributed by atoms with Gasteiger partial charge in [0.05, 0.1) is 44.8 Å². The van der Waals surface area contributed by atoms with Crippen molar-refractivity contribution in [3.8, 4) is 5.75 Å². The van der Waals surface area contributed by atoms with Gasteiger partial charge < -0.3 is 128 Å². The molecule has 42 nitrogen and oxygen atoms in total. The molecule has 0 aliphatic carbocycles. The van der Waals surface area contributed by atoms with Crippen LogP contribution in [0.2, 0.25) is 0 Å². The highest BCUT2D eigenvalue weighted by Gasteiger charge is 2.39. The van der Waals surface area contributed by atoms with Gasteiger partial charge in [-0.1, -0.05) is 95.2 Å². The van der Waals surface area contributed by atoms with Crippen LogP contribution in [-0.2, 0) is 92.7 Å². The maximum Gasteiger partial charge on any atom is 0.328 e. The number of carbonyl (C=O) groups is 18. The van der Waals surface area contributed by atoms with E-state index in [-0.39, 0.29) is 62.7 Å². The lowest BCUT2D eigenvalue weighted by Gasteiger charge is -2.30. The van der Waals surface area contributed by atoms with Gasteiger partial charge in [0.2, 0.25) is 94.5 Å². The van der Waals surface area contributed by atoms with Gasteiger partial charge in [0.1, 0.15) is 78.3 Å². The summed E-state index contributed by atoms with van der Waals surface area (Å²) in [4.78, 5) is 240. The van der Waals surface area contributed by atoms with Crippen molar-refractivity contribution in [3.63, 3.8) is 0 Å². The van der Waals surface area contributed by atoms with Crippen LogP contribution < -0.4 is 102 Å². The minimum atomic E-state index is -1.87. The topological polar surface area (TPSA) is 679 Å². The Hall–Kier alpha value is -10.7. The highest BCUT2D eigenvalue weighted by molar-refractivity contribution is 6.01. The Morgan fingerprint density at radius 1 is 0.356 bits per heavy atom. The van der Waals surface area contributed by atoms with Gasteiger partial charge in [-0.05, 0) is 145 Å². The van der Waals surface area contributed by atoms with Crippen LogP contribution in [-0.4, -0.2) is 262 Å². The Bertz CT molecular complexity index is 3540. The Morgan fingerprint density at radius 2 is 0.695 bits per heavy atom. The zero-order valence-electron chi connectivity index (χ0n) is 70.1. The van der Waals surface area contributed by atoms with E-state index in [4.69, 9.17) is 17.2 Å². The third-order valence-electron chi connectivity index (χ3n) is 18.3. The summed E-state index contributed by atoms with van der Waals surface area (Å²) in [5.41, 5.74) is 18.3. The average Bonchev–Trinajstić information content (AvgIpc) is 0.845. The van der Waals surface area contributed by atoms with Crippen molar-refractivity contribution in [3.05, 3.63) is 29.8 Å². The summed E-state index contributed by atoms with van der Waals surface area (Å²) in [6.07, 6.45) is -0.682. The smallest absolute Gasteiger partial charge is 0.328 e. The number of phenolic OH excluding ortho intramolecular Hbond substituents is 1. The molecule has 0 radical (unpaired) electrons. The van der Waals surface area contributed by atoms with Gasteiger partial charge in [-0.15, -0.1) is 0 Å². The Kier molecular flexibility index (Phi) is 47.8. The van der Waals surface area contributed by atoms with Crippen molar-refractivity contribution in [1.29, 1.82) is 0 Å². The standard InChI is InChI=1S/C76H129N19O23/c1-36(2)28-50(70(111)95-62(44(15)97)76(117)118)87-64(105)43(14)84-71(112)53(35-96)90-67(108)48(20-16-18-26-77)85-55(100)33-82-72(113)58(38(5)6)91-56(101)34-80-66(107)52(31-57(102)103)88-63(104)42(13)83-54(99)32-81-73(114)59(39(7)8)93-75(116)61(41(11)12)94-74(115)60(40(9)10)92-69(110)51(29-37(3)4)89-68(109)49(21-17-19-27-78)86-65(106)47(79)30-45-22-24-46(98)25-23-45/h22-25,36-44,47-53,58-62,96-98H,16-21,26-35,77-79H2,1-15H3,(H,80,107)(H,81,114)(H,82,113)(H,83,99)(H,84,112)(H,85,100)(H,86,106)(H,87,105)(H,88,104)(H,89,109)(H,90,108)(H,91,101)(H,92,110)(H,93,116)(H,94,115)(H,95,111)(H,102,103)(H,117,118)/t42-,43-,44+,47-,48-,49-,50-,51-,52-,53-,58-,59-,60-,61-,62-/m0/s1. The Morgan fingerprint density at radius 3 is 1.10 bits per heavy atom. The van der Waals surface area contributed by atoms with E-state index in [0.717, 1.165) is 13.8 Å². The van der Waals surface area contributed by atoms with Crippen LogP contribution in [0.5, 0.6) is 5.75 Å². The lowest BCUT2D eigenvalue weighted by Crippen LogP contribution is -2.61. The monoisotopic (exact) mass is 1680 g/mol. The van der Waals surface area contributed by atoms with E-state index in [1.807, 2.05) is 13.8 Å². The van der Waals surface area contributed by atoms with Crippen LogP contribution in [0.15, 0.2) is 24.3 Å². The van der Waals surface area contributed by atoms with Crippen LogP contribution in [0, 0.1) is 35.5 Å². The summed E-state index contributed by atoms with van der Waals surface area (Å²) in [6.45, 7) is 20.2. The zero-order valence-corrected chi connectivity index (χ0v) is 70.1. The zero-order chi connectivity index (χ0) is 90.1. The van der Waals surface area contributed by atoms with Crippen molar-refractivity contribution in [2.24, 2.45) is 52.7 Å². The second-order valence-corrected chi connectivity index (χ2v) is 31.2. The molecular formula is C76H129N19O23. The summed E-state index contributed by atoms with van der Waals surface area (Å²) in [5, 5.41) is 87.6. The van der Waals surface area contributed by atoms with E-state index < -0.39 is 253 Å². The van der Waals surface area contributed by atoms with Crippen LogP contribution in [0.1, 0.15) is 167 Å². The number of benzene rings is 1. The van der Waals surface area contributed by atoms with Gasteiger partial charge in [-0.2, -0.15) is 0 Å². The van der Waals surface area contributed by atoms with Gasteiger partial charge >= 0.3 is 11.9 Å². The molecule has 16 amide bonds. The number of rotatable bonds is 55. The lowest BCUT2D eigenvalue weighted by molar-refractivity contribution is -0.145. The van der Waals surface area contributed by atoms with Crippen LogP contribution in [0.3, 0.4) is 0 Å². The first-order valence-electron chi connectivity index (χ1n) is 39.5. The third kappa shape index (κ3) is 39.5. The first-order chi connectivity index (χ1) is 55.1. The maximum absolute atomic E-state index is 14.2. The number of phenols is 1. The Labute approximate surface area is 687 Å². The molecule has 0 aliphatic rings. The number of nitrogens with one attached hydrogen (secondary N) is 16. The van der Waals surface area contributed by atoms with Gasteiger partial charge in [0, 0.05) is 0 Å². The first-order valence-corrected chi connectivity index (χ1v) is 39.5. The number of aromatic hydroxyl groups is 1. The van der Waals surface area contributed by atoms with E-state index in [0.29, 0.717) is 31.4 Å². The molecule has 0 saturated carbocycles. The SMILES string of the molecule is CC(C)C[C@H](NC(=O)[C@H](C)NC(=O)[C@H](CO)NC(=O)[C@H](CCCCN)NC(=O)CNC(=O)[C@@H](NC(=O)CNC(=O)[C@H](CC(=O)O)NC(=O)[C@H](C)NC(=O)CNC(=O)[C@@H](NC(=O)[C@@H](NC(=O)[C@@H](NC(=O)[C@H](CC(C)C)NC(=O)[C@H](CCCCN)NC(=O)[C@@H](N)Cc1ccc(O)cc1)C(C)C)C(C)C)C(C)C)C(C)C)C(=O)N[C@H](C(=O)O)[C@@H](C)O. The molecule has 1 aromatic rings. The van der Waals surface area contributed by atoms with Crippen molar-refractivity contribution >= 4 is 106 Å². The Balaban J connectivity index is 3.06. The molecule has 42 heteroatoms. The summed E-state index contributed by atoms with van der Waals surface area (Å²) in [7, 11) is 0. The maximum atomic E-state index is 14.2. The molecule has 0 aliphatic heterocycles. The number of hydrogen-bond donors (Lipinski definition) is 24. The van der Waals surface area contributed by atoms with Crippen molar-refractivity contribution in [1.82, 2.24) is 85.1 Å². The number of aliphatic hydroxyl groups excluding tert-OH is 2. The van der Waals surface area contributed by atoms with Crippen LogP contribution in [0.25, 0.3) is 0 Å². The van der Waals surface area contributed by atoms with Gasteiger partial charge in [-0.3, -0.25) is 81.5 Å². The van der Waals surface area contributed by atoms with E-state index in [1.165, 1.54) is 32.9 Å². The van der Waals surface area contributed by atoms with E-state index in [1.54, 1.807) is 67.5 Å². The molecule has 0 heterocycles. The van der Waals surface area contributed by atoms with Crippen molar-refractivity contribution < 1.29 is 112 Å². The fraction of sp³-hybridized carbons (Fsp3) is 0.684. The highest BCUT2D eigenvalue weighted by atomic mass is 16.4. The number of aliphatic hydroxyl groups is 2. The fourth-order valence-electron chi connectivity index (χ4n) is 11.5. The molecule has 15 atom stereocenters. The largest absolute Gasteiger partial charge is 0.508 e. The summed E-state index contributed by atoms with van der Waals surface area (Å²) >= 11 is 0. The number of nitrogens with two attached hydrogens (primary N) is 3. The molecule has 0 bridgehead atoms. The van der Waals surface area contributed by atoms with Gasteiger partial charge in [0.15, 0.2) is 6.04 Å². The minimum absolute atomic E-state index is 0.0126. The molecule has 27 N–H and O–H groups in total. The molecular weight excluding hydrogens is 1550 g/mol. The number of carboxylic acids is 2.